The van der Waals surface area contributed by atoms with Gasteiger partial charge < -0.3 is 5.32 Å². The van der Waals surface area contributed by atoms with Gasteiger partial charge in [0, 0.05) is 23.1 Å². The van der Waals surface area contributed by atoms with Crippen molar-refractivity contribution in [3.63, 3.8) is 0 Å². The van der Waals surface area contributed by atoms with Gasteiger partial charge in [-0.25, -0.2) is 9.97 Å². The van der Waals surface area contributed by atoms with Gasteiger partial charge in [0.15, 0.2) is 0 Å². The molecule has 4 heteroatoms. The second-order valence-electron chi connectivity index (χ2n) is 5.74. The molecule has 1 heterocycles. The highest BCUT2D eigenvalue weighted by molar-refractivity contribution is 9.10. The summed E-state index contributed by atoms with van der Waals surface area (Å²) >= 11 is 3.45. The summed E-state index contributed by atoms with van der Waals surface area (Å²) in [4.78, 5) is 9.21. The van der Waals surface area contributed by atoms with E-state index in [2.05, 4.69) is 75.4 Å². The Labute approximate surface area is 135 Å². The highest BCUT2D eigenvalue weighted by atomic mass is 79.9. The lowest BCUT2D eigenvalue weighted by Crippen LogP contribution is -2.20. The monoisotopic (exact) mass is 347 g/mol. The Morgan fingerprint density at radius 3 is 2.52 bits per heavy atom. The first kappa shape index (κ1) is 16.1. The van der Waals surface area contributed by atoms with E-state index in [1.807, 2.05) is 6.92 Å². The molecule has 0 radical (unpaired) electrons. The minimum atomic E-state index is 0.648. The number of aromatic nitrogens is 2. The van der Waals surface area contributed by atoms with Crippen LogP contribution in [0.5, 0.6) is 0 Å². The quantitative estimate of drug-likeness (QED) is 0.861. The fourth-order valence-corrected chi connectivity index (χ4v) is 2.41. The number of hydrogen-bond acceptors (Lipinski definition) is 3. The van der Waals surface area contributed by atoms with Crippen LogP contribution in [0.2, 0.25) is 0 Å². The molecule has 0 aliphatic carbocycles. The molecule has 2 aromatic rings. The average molecular weight is 348 g/mol. The minimum Gasteiger partial charge on any atom is -0.311 e. The van der Waals surface area contributed by atoms with Crippen LogP contribution in [0.4, 0.5) is 0 Å². The number of nitrogens with one attached hydrogen (secondary N) is 1. The number of hydrogen-bond donors (Lipinski definition) is 1. The lowest BCUT2D eigenvalue weighted by molar-refractivity contribution is 0.547. The summed E-state index contributed by atoms with van der Waals surface area (Å²) in [6, 6.07) is 10.4. The smallest absolute Gasteiger partial charge is 0.133 e. The van der Waals surface area contributed by atoms with Crippen molar-refractivity contribution in [1.29, 1.82) is 0 Å². The second kappa shape index (κ2) is 7.66. The predicted octanol–water partition coefficient (Wildman–Crippen LogP) is 3.88. The minimum absolute atomic E-state index is 0.648. The Morgan fingerprint density at radius 1 is 1.14 bits per heavy atom. The van der Waals surface area contributed by atoms with Crippen LogP contribution >= 0.6 is 15.9 Å². The maximum atomic E-state index is 4.66. The standard InChI is InChI=1S/C17H22BrN3/c1-12(2)10-19-11-16-8-13(3)20-17(21-16)9-14-4-6-15(18)7-5-14/h4-8,12,19H,9-11H2,1-3H3. The first-order valence-electron chi connectivity index (χ1n) is 7.31. The summed E-state index contributed by atoms with van der Waals surface area (Å²) in [5.41, 5.74) is 3.32. The van der Waals surface area contributed by atoms with Crippen LogP contribution in [-0.2, 0) is 13.0 Å². The van der Waals surface area contributed by atoms with Gasteiger partial charge in [-0.2, -0.15) is 0 Å². The molecule has 0 atom stereocenters. The second-order valence-corrected chi connectivity index (χ2v) is 6.66. The molecule has 1 N–H and O–H groups in total. The molecular weight excluding hydrogens is 326 g/mol. The number of nitrogens with zero attached hydrogens (tertiary/aromatic N) is 2. The van der Waals surface area contributed by atoms with Crippen molar-refractivity contribution in [1.82, 2.24) is 15.3 Å². The van der Waals surface area contributed by atoms with Crippen molar-refractivity contribution in [3.8, 4) is 0 Å². The van der Waals surface area contributed by atoms with Gasteiger partial charge in [-0.15, -0.1) is 0 Å². The maximum absolute atomic E-state index is 4.66. The molecule has 0 aliphatic heterocycles. The molecular formula is C17H22BrN3. The van der Waals surface area contributed by atoms with Gasteiger partial charge in [0.2, 0.25) is 0 Å². The largest absolute Gasteiger partial charge is 0.311 e. The van der Waals surface area contributed by atoms with Crippen LogP contribution in [0.25, 0.3) is 0 Å². The first-order chi connectivity index (χ1) is 10.0. The maximum Gasteiger partial charge on any atom is 0.133 e. The molecule has 2 rings (SSSR count). The summed E-state index contributed by atoms with van der Waals surface area (Å²) in [5, 5.41) is 3.43. The average Bonchev–Trinajstić information content (AvgIpc) is 2.40. The van der Waals surface area contributed by atoms with E-state index in [9.17, 15) is 0 Å². The van der Waals surface area contributed by atoms with Crippen LogP contribution < -0.4 is 5.32 Å². The highest BCUT2D eigenvalue weighted by Gasteiger charge is 2.04. The number of aryl methyl sites for hydroxylation is 1. The molecule has 0 amide bonds. The van der Waals surface area contributed by atoms with E-state index in [1.165, 1.54) is 5.56 Å². The Balaban J connectivity index is 2.05. The lowest BCUT2D eigenvalue weighted by atomic mass is 10.1. The third-order valence-corrected chi connectivity index (χ3v) is 3.62. The van der Waals surface area contributed by atoms with E-state index in [-0.39, 0.29) is 0 Å². The topological polar surface area (TPSA) is 37.8 Å². The summed E-state index contributed by atoms with van der Waals surface area (Å²) in [6.07, 6.45) is 0.770. The Morgan fingerprint density at radius 2 is 1.86 bits per heavy atom. The molecule has 0 fully saturated rings. The van der Waals surface area contributed by atoms with Crippen molar-refractivity contribution in [3.05, 3.63) is 57.6 Å². The van der Waals surface area contributed by atoms with Gasteiger partial charge in [0.1, 0.15) is 5.82 Å². The lowest BCUT2D eigenvalue weighted by Gasteiger charge is -2.09. The van der Waals surface area contributed by atoms with Gasteiger partial charge in [-0.1, -0.05) is 41.9 Å². The number of benzene rings is 1. The van der Waals surface area contributed by atoms with Gasteiger partial charge in [-0.3, -0.25) is 0 Å². The molecule has 1 aromatic carbocycles. The van der Waals surface area contributed by atoms with Crippen molar-refractivity contribution >= 4 is 15.9 Å². The molecule has 1 aromatic heterocycles. The van der Waals surface area contributed by atoms with Crippen molar-refractivity contribution < 1.29 is 0 Å². The number of rotatable bonds is 6. The van der Waals surface area contributed by atoms with Crippen molar-refractivity contribution in [2.75, 3.05) is 6.54 Å². The number of halogens is 1. The molecule has 0 saturated carbocycles. The fourth-order valence-electron chi connectivity index (χ4n) is 2.14. The van der Waals surface area contributed by atoms with E-state index in [0.29, 0.717) is 5.92 Å². The molecule has 0 saturated heterocycles. The third-order valence-electron chi connectivity index (χ3n) is 3.09. The van der Waals surface area contributed by atoms with Crippen molar-refractivity contribution in [2.24, 2.45) is 5.92 Å². The van der Waals surface area contributed by atoms with Gasteiger partial charge in [-0.05, 0) is 43.1 Å². The van der Waals surface area contributed by atoms with Crippen molar-refractivity contribution in [2.45, 2.75) is 33.7 Å². The van der Waals surface area contributed by atoms with Crippen LogP contribution in [0, 0.1) is 12.8 Å². The van der Waals surface area contributed by atoms with Gasteiger partial charge in [0.25, 0.3) is 0 Å². The van der Waals surface area contributed by atoms with E-state index in [4.69, 9.17) is 0 Å². The summed E-state index contributed by atoms with van der Waals surface area (Å²) in [5.74, 6) is 1.54. The summed E-state index contributed by atoms with van der Waals surface area (Å²) in [7, 11) is 0. The molecule has 0 spiro atoms. The highest BCUT2D eigenvalue weighted by Crippen LogP contribution is 2.13. The normalized spacial score (nSPS) is 11.1. The SMILES string of the molecule is Cc1cc(CNCC(C)C)nc(Cc2ccc(Br)cc2)n1. The molecule has 0 unspecified atom stereocenters. The molecule has 0 bridgehead atoms. The van der Waals surface area contributed by atoms with Crippen LogP contribution in [0.3, 0.4) is 0 Å². The third kappa shape index (κ3) is 5.56. The first-order valence-corrected chi connectivity index (χ1v) is 8.11. The zero-order valence-corrected chi connectivity index (χ0v) is 14.4. The Kier molecular flexibility index (Phi) is 5.88. The van der Waals surface area contributed by atoms with E-state index >= 15 is 0 Å². The predicted molar refractivity (Wildman–Crippen MR) is 90.3 cm³/mol. The Bertz CT molecular complexity index is 579. The molecule has 112 valence electrons. The van der Waals surface area contributed by atoms with E-state index in [0.717, 1.165) is 41.2 Å². The fraction of sp³-hybridized carbons (Fsp3) is 0.412. The molecule has 3 nitrogen and oxygen atoms in total. The molecule has 21 heavy (non-hydrogen) atoms. The van der Waals surface area contributed by atoms with Gasteiger partial charge in [0.05, 0.1) is 5.69 Å². The summed E-state index contributed by atoms with van der Waals surface area (Å²) in [6.45, 7) is 8.24. The molecule has 0 aliphatic rings. The van der Waals surface area contributed by atoms with Gasteiger partial charge >= 0.3 is 0 Å². The van der Waals surface area contributed by atoms with Crippen LogP contribution in [0.1, 0.15) is 36.6 Å². The zero-order chi connectivity index (χ0) is 15.2. The van der Waals surface area contributed by atoms with Crippen LogP contribution in [-0.4, -0.2) is 16.5 Å². The zero-order valence-electron chi connectivity index (χ0n) is 12.9. The van der Waals surface area contributed by atoms with E-state index in [1.54, 1.807) is 0 Å². The van der Waals surface area contributed by atoms with Crippen LogP contribution in [0.15, 0.2) is 34.8 Å². The Hall–Kier alpha value is -1.26. The summed E-state index contributed by atoms with van der Waals surface area (Å²) < 4.78 is 1.09. The van der Waals surface area contributed by atoms with E-state index < -0.39 is 0 Å².